The molecule has 0 spiro atoms. The number of ether oxygens (including phenoxy) is 1. The molecule has 1 heterocycles. The number of unbranched alkanes of at least 4 members (excludes halogenated alkanes) is 5. The molecule has 0 fully saturated rings. The summed E-state index contributed by atoms with van der Waals surface area (Å²) in [7, 11) is 0. The summed E-state index contributed by atoms with van der Waals surface area (Å²) >= 11 is 0. The Bertz CT molecular complexity index is 1450. The van der Waals surface area contributed by atoms with Crippen LogP contribution in [-0.2, 0) is 0 Å². The number of hydrogen-bond donors (Lipinski definition) is 0. The maximum atomic E-state index is 6.45. The monoisotopic (exact) mass is 508 g/mol. The molecule has 0 saturated heterocycles. The van der Waals surface area contributed by atoms with E-state index in [-0.39, 0.29) is 0 Å². The van der Waals surface area contributed by atoms with E-state index in [4.69, 9.17) is 4.74 Å². The summed E-state index contributed by atoms with van der Waals surface area (Å²) in [5, 5.41) is 0. The molecule has 0 N–H and O–H groups in total. The summed E-state index contributed by atoms with van der Waals surface area (Å²) in [4.78, 5) is 0. The van der Waals surface area contributed by atoms with Gasteiger partial charge in [0, 0.05) is 0 Å². The Kier molecular flexibility index (Phi) is 9.42. The van der Waals surface area contributed by atoms with Crippen molar-refractivity contribution in [2.24, 2.45) is 0 Å². The molecule has 0 atom stereocenters. The van der Waals surface area contributed by atoms with Crippen LogP contribution in [0.15, 0.2) is 121 Å². The third-order valence-corrected chi connectivity index (χ3v) is 7.35. The van der Waals surface area contributed by atoms with Crippen LogP contribution in [-0.4, -0.2) is 13.5 Å². The van der Waals surface area contributed by atoms with Gasteiger partial charge in [-0.25, -0.2) is 0 Å². The molecule has 0 bridgehead atoms. The van der Waals surface area contributed by atoms with Gasteiger partial charge in [-0.15, -0.1) is 0 Å². The maximum absolute atomic E-state index is 6.45. The van der Waals surface area contributed by atoms with E-state index in [0.29, 0.717) is 0 Å². The molecule has 0 aliphatic carbocycles. The van der Waals surface area contributed by atoms with Crippen molar-refractivity contribution in [3.05, 3.63) is 121 Å². The van der Waals surface area contributed by atoms with Crippen LogP contribution in [0, 0.1) is 0 Å². The van der Waals surface area contributed by atoms with Gasteiger partial charge in [0.2, 0.25) is 0 Å². The van der Waals surface area contributed by atoms with Crippen LogP contribution in [0.5, 0.6) is 5.75 Å². The Hall–Kier alpha value is -3.91. The van der Waals surface area contributed by atoms with Gasteiger partial charge in [0.15, 0.2) is 0 Å². The van der Waals surface area contributed by atoms with Crippen LogP contribution in [0.2, 0.25) is 0 Å². The Balaban J connectivity index is 1.62. The Morgan fingerprint density at radius 1 is 0.513 bits per heavy atom. The van der Waals surface area contributed by atoms with Crippen molar-refractivity contribution in [3.8, 4) is 50.2 Å². The predicted molar refractivity (Wildman–Crippen MR) is 168 cm³/mol. The molecule has 0 amide bonds. The van der Waals surface area contributed by atoms with Crippen LogP contribution in [0.1, 0.15) is 45.4 Å². The minimum atomic E-state index is 0.747. The normalized spacial score (nSPS) is 10.8. The second-order valence-electron chi connectivity index (χ2n) is 10.1. The molecular weight excluding hydrogens is 471 g/mol. The third kappa shape index (κ3) is 6.57. The zero-order chi connectivity index (χ0) is 26.7. The van der Waals surface area contributed by atoms with Gasteiger partial charge >= 0.3 is 228 Å². The van der Waals surface area contributed by atoms with E-state index in [1.54, 1.807) is 0 Å². The average molecular weight is 509 g/mol. The van der Waals surface area contributed by atoms with E-state index in [1.807, 2.05) is 0 Å². The van der Waals surface area contributed by atoms with Gasteiger partial charge in [0.25, 0.3) is 0 Å². The first-order valence-corrected chi connectivity index (χ1v) is 14.4. The quantitative estimate of drug-likeness (QED) is 0.152. The average Bonchev–Trinajstić information content (AvgIpc) is 3.01. The fraction of sp³-hybridized carbons (Fsp3) is 0.216. The fourth-order valence-corrected chi connectivity index (χ4v) is 5.37. The summed E-state index contributed by atoms with van der Waals surface area (Å²) in [6.45, 7) is 5.29. The van der Waals surface area contributed by atoms with Gasteiger partial charge in [0.05, 0.1) is 0 Å². The number of rotatable bonds is 12. The van der Waals surface area contributed by atoms with Crippen LogP contribution in [0.4, 0.5) is 0 Å². The van der Waals surface area contributed by atoms with Crippen molar-refractivity contribution >= 4 is 6.91 Å². The van der Waals surface area contributed by atoms with Gasteiger partial charge in [-0.3, -0.25) is 0 Å². The molecule has 5 aromatic rings. The summed E-state index contributed by atoms with van der Waals surface area (Å²) in [6.07, 6.45) is 7.53. The van der Waals surface area contributed by atoms with Gasteiger partial charge in [0.1, 0.15) is 0 Å². The van der Waals surface area contributed by atoms with Gasteiger partial charge in [-0.05, 0) is 0 Å². The second-order valence-corrected chi connectivity index (χ2v) is 10.1. The van der Waals surface area contributed by atoms with E-state index in [1.165, 1.54) is 70.9 Å². The zero-order valence-corrected chi connectivity index (χ0v) is 23.0. The Labute approximate surface area is 234 Å². The molecule has 0 aliphatic heterocycles. The van der Waals surface area contributed by atoms with Crippen LogP contribution in [0.3, 0.4) is 0 Å². The second kappa shape index (κ2) is 13.8. The van der Waals surface area contributed by atoms with Crippen LogP contribution >= 0.6 is 0 Å². The molecule has 0 radical (unpaired) electrons. The van der Waals surface area contributed by atoms with Gasteiger partial charge in [-0.1, -0.05) is 6.92 Å². The van der Waals surface area contributed by atoms with E-state index in [9.17, 15) is 0 Å². The number of hydrogen-bond acceptors (Lipinski definition) is 1. The van der Waals surface area contributed by atoms with Crippen molar-refractivity contribution in [2.45, 2.75) is 45.4 Å². The fourth-order valence-electron chi connectivity index (χ4n) is 5.37. The Morgan fingerprint density at radius 2 is 1.05 bits per heavy atom. The van der Waals surface area contributed by atoms with E-state index >= 15 is 0 Å². The zero-order valence-electron chi connectivity index (χ0n) is 23.0. The van der Waals surface area contributed by atoms with E-state index in [2.05, 4.69) is 135 Å². The van der Waals surface area contributed by atoms with Crippen molar-refractivity contribution < 1.29 is 4.74 Å². The molecule has 4 aromatic carbocycles. The molecule has 39 heavy (non-hydrogen) atoms. The van der Waals surface area contributed by atoms with Crippen molar-refractivity contribution in [2.75, 3.05) is 6.61 Å². The number of para-hydroxylation sites is 1. The molecular formula is C37H37BO. The Morgan fingerprint density at radius 3 is 1.72 bits per heavy atom. The molecule has 194 valence electrons. The summed E-state index contributed by atoms with van der Waals surface area (Å²) in [5.74, 6) is 3.24. The first-order valence-electron chi connectivity index (χ1n) is 14.4. The standard InChI is InChI=1S/C37H37BO/c1-2-3-4-5-6-18-27-39-34-26-17-16-25-32(34)33-28-38-37(31-23-14-9-15-24-31)36(30-21-12-8-13-22-30)35(33)29-19-10-7-11-20-29/h7-17,19-26,28H,2-6,18,27H2,1H3. The molecule has 2 heteroatoms. The minimum absolute atomic E-state index is 0.747. The van der Waals surface area contributed by atoms with Crippen LogP contribution < -0.4 is 4.74 Å². The van der Waals surface area contributed by atoms with E-state index in [0.717, 1.165) is 24.3 Å². The van der Waals surface area contributed by atoms with E-state index < -0.39 is 0 Å². The molecule has 1 nitrogen and oxygen atoms in total. The van der Waals surface area contributed by atoms with Crippen molar-refractivity contribution in [1.29, 1.82) is 0 Å². The molecule has 0 aliphatic rings. The number of benzene rings is 4. The topological polar surface area (TPSA) is 9.23 Å². The first-order chi connectivity index (χ1) is 19.4. The van der Waals surface area contributed by atoms with Gasteiger partial charge < -0.3 is 0 Å². The van der Waals surface area contributed by atoms with Crippen LogP contribution in [0.25, 0.3) is 44.4 Å². The summed E-state index contributed by atoms with van der Waals surface area (Å²) < 4.78 is 6.45. The summed E-state index contributed by atoms with van der Waals surface area (Å²) in [6, 6.07) is 40.8. The molecule has 1 aromatic heterocycles. The molecule has 5 rings (SSSR count). The first kappa shape index (κ1) is 26.7. The third-order valence-electron chi connectivity index (χ3n) is 7.35. The molecule has 0 unspecified atom stereocenters. The SMILES string of the molecule is CCCCCCCCOc1ccccc1-c1cbc(-c2ccccc2)c(-c2ccccc2)c1-c1ccccc1. The van der Waals surface area contributed by atoms with Crippen molar-refractivity contribution in [3.63, 3.8) is 0 Å². The predicted octanol–water partition coefficient (Wildman–Crippen LogP) is 10.4. The molecule has 0 saturated carbocycles. The summed E-state index contributed by atoms with van der Waals surface area (Å²) in [5.41, 5.74) is 9.67. The van der Waals surface area contributed by atoms with Gasteiger partial charge in [-0.2, -0.15) is 0 Å². The van der Waals surface area contributed by atoms with Crippen molar-refractivity contribution in [1.82, 2.24) is 0 Å².